The fourth-order valence-corrected chi connectivity index (χ4v) is 3.54. The SMILES string of the molecule is CC(c1nn(-c2cccnc2)c2cc(Cl)ccc12)n1ncc2c(N)ncnc21. The van der Waals surface area contributed by atoms with Gasteiger partial charge < -0.3 is 5.73 Å². The number of rotatable bonds is 3. The van der Waals surface area contributed by atoms with Gasteiger partial charge in [0.1, 0.15) is 12.1 Å². The summed E-state index contributed by atoms with van der Waals surface area (Å²) in [7, 11) is 0. The first-order valence-corrected chi connectivity index (χ1v) is 9.03. The fraction of sp³-hybridized carbons (Fsp3) is 0.105. The van der Waals surface area contributed by atoms with Gasteiger partial charge >= 0.3 is 0 Å². The molecule has 0 aliphatic heterocycles. The van der Waals surface area contributed by atoms with Gasteiger partial charge in [0.25, 0.3) is 0 Å². The lowest BCUT2D eigenvalue weighted by Gasteiger charge is -2.11. The van der Waals surface area contributed by atoms with Gasteiger partial charge in [0.2, 0.25) is 0 Å². The summed E-state index contributed by atoms with van der Waals surface area (Å²) in [6.07, 6.45) is 6.61. The first-order chi connectivity index (χ1) is 13.6. The second kappa shape index (κ2) is 6.28. The Hall–Kier alpha value is -3.52. The molecule has 0 amide bonds. The van der Waals surface area contributed by atoms with E-state index in [4.69, 9.17) is 22.4 Å². The average molecular weight is 391 g/mol. The summed E-state index contributed by atoms with van der Waals surface area (Å²) in [4.78, 5) is 12.6. The number of halogens is 1. The predicted molar refractivity (Wildman–Crippen MR) is 107 cm³/mol. The van der Waals surface area contributed by atoms with Gasteiger partial charge in [0.05, 0.1) is 40.7 Å². The summed E-state index contributed by atoms with van der Waals surface area (Å²) in [6, 6.07) is 9.36. The molecule has 28 heavy (non-hydrogen) atoms. The lowest BCUT2D eigenvalue weighted by atomic mass is 10.1. The van der Waals surface area contributed by atoms with Crippen molar-refractivity contribution in [2.75, 3.05) is 5.73 Å². The minimum Gasteiger partial charge on any atom is -0.383 e. The zero-order chi connectivity index (χ0) is 19.3. The molecule has 1 aromatic carbocycles. The minimum atomic E-state index is -0.187. The second-order valence-electron chi connectivity index (χ2n) is 6.43. The predicted octanol–water partition coefficient (Wildman–Crippen LogP) is 3.41. The first-order valence-electron chi connectivity index (χ1n) is 8.66. The van der Waals surface area contributed by atoms with Crippen molar-refractivity contribution in [2.24, 2.45) is 0 Å². The molecule has 4 aromatic heterocycles. The van der Waals surface area contributed by atoms with Crippen LogP contribution in [0.25, 0.3) is 27.6 Å². The number of pyridine rings is 1. The molecule has 5 aromatic rings. The molecule has 0 spiro atoms. The Bertz CT molecular complexity index is 1310. The molecule has 1 atom stereocenters. The summed E-state index contributed by atoms with van der Waals surface area (Å²) >= 11 is 6.26. The molecule has 0 saturated carbocycles. The van der Waals surface area contributed by atoms with Crippen LogP contribution in [0, 0.1) is 0 Å². The van der Waals surface area contributed by atoms with Crippen molar-refractivity contribution < 1.29 is 0 Å². The number of nitrogen functional groups attached to an aromatic ring is 1. The molecule has 0 bridgehead atoms. The van der Waals surface area contributed by atoms with Crippen molar-refractivity contribution >= 4 is 39.4 Å². The van der Waals surface area contributed by atoms with Crippen LogP contribution in [0.1, 0.15) is 18.7 Å². The van der Waals surface area contributed by atoms with Gasteiger partial charge in [-0.2, -0.15) is 10.2 Å². The van der Waals surface area contributed by atoms with Crippen LogP contribution in [0.2, 0.25) is 5.02 Å². The molecule has 0 fully saturated rings. The summed E-state index contributed by atoms with van der Waals surface area (Å²) < 4.78 is 3.65. The van der Waals surface area contributed by atoms with Crippen molar-refractivity contribution in [3.63, 3.8) is 0 Å². The smallest absolute Gasteiger partial charge is 0.163 e. The largest absolute Gasteiger partial charge is 0.383 e. The first kappa shape index (κ1) is 16.6. The molecule has 4 heterocycles. The number of anilines is 1. The van der Waals surface area contributed by atoms with Crippen molar-refractivity contribution in [1.82, 2.24) is 34.5 Å². The molecule has 2 N–H and O–H groups in total. The van der Waals surface area contributed by atoms with Crippen LogP contribution in [-0.2, 0) is 0 Å². The molecule has 9 heteroatoms. The zero-order valence-electron chi connectivity index (χ0n) is 14.9. The number of nitrogens with two attached hydrogens (primary N) is 1. The lowest BCUT2D eigenvalue weighted by Crippen LogP contribution is -2.11. The normalized spacial score (nSPS) is 12.6. The highest BCUT2D eigenvalue weighted by atomic mass is 35.5. The van der Waals surface area contributed by atoms with E-state index in [2.05, 4.69) is 20.1 Å². The maximum Gasteiger partial charge on any atom is 0.163 e. The van der Waals surface area contributed by atoms with E-state index in [0.717, 1.165) is 22.3 Å². The molecule has 0 aliphatic carbocycles. The number of aromatic nitrogens is 7. The van der Waals surface area contributed by atoms with Gasteiger partial charge in [-0.3, -0.25) is 4.98 Å². The molecule has 1 unspecified atom stereocenters. The molecular weight excluding hydrogens is 376 g/mol. The number of hydrogen-bond donors (Lipinski definition) is 1. The highest BCUT2D eigenvalue weighted by Crippen LogP contribution is 2.31. The zero-order valence-corrected chi connectivity index (χ0v) is 15.6. The molecular formula is C19H15ClN8. The van der Waals surface area contributed by atoms with Crippen LogP contribution in [0.3, 0.4) is 0 Å². The third-order valence-electron chi connectivity index (χ3n) is 4.75. The van der Waals surface area contributed by atoms with Crippen LogP contribution in [0.15, 0.2) is 55.2 Å². The van der Waals surface area contributed by atoms with Crippen molar-refractivity contribution in [3.8, 4) is 5.69 Å². The Kier molecular flexibility index (Phi) is 3.73. The van der Waals surface area contributed by atoms with Crippen molar-refractivity contribution in [3.05, 3.63) is 66.0 Å². The topological polar surface area (TPSA) is 100 Å². The van der Waals surface area contributed by atoms with E-state index in [1.807, 2.05) is 41.9 Å². The summed E-state index contributed by atoms with van der Waals surface area (Å²) in [6.45, 7) is 2.02. The van der Waals surface area contributed by atoms with Gasteiger partial charge in [-0.15, -0.1) is 0 Å². The quantitative estimate of drug-likeness (QED) is 0.506. The maximum absolute atomic E-state index is 6.26. The Labute approximate surface area is 164 Å². The third-order valence-corrected chi connectivity index (χ3v) is 4.98. The Balaban J connectivity index is 1.73. The van der Waals surface area contributed by atoms with E-state index in [0.29, 0.717) is 21.9 Å². The van der Waals surface area contributed by atoms with Gasteiger partial charge in [-0.05, 0) is 37.3 Å². The molecule has 138 valence electrons. The molecule has 0 aliphatic rings. The van der Waals surface area contributed by atoms with E-state index in [1.165, 1.54) is 6.33 Å². The Morgan fingerprint density at radius 3 is 2.82 bits per heavy atom. The van der Waals surface area contributed by atoms with Crippen LogP contribution in [0.4, 0.5) is 5.82 Å². The summed E-state index contributed by atoms with van der Waals surface area (Å²) in [5, 5.41) is 11.7. The van der Waals surface area contributed by atoms with Crippen LogP contribution < -0.4 is 5.73 Å². The number of benzene rings is 1. The van der Waals surface area contributed by atoms with Gasteiger partial charge in [0.15, 0.2) is 5.65 Å². The Morgan fingerprint density at radius 1 is 1.11 bits per heavy atom. The van der Waals surface area contributed by atoms with E-state index in [-0.39, 0.29) is 6.04 Å². The second-order valence-corrected chi connectivity index (χ2v) is 6.87. The van der Waals surface area contributed by atoms with Gasteiger partial charge in [0, 0.05) is 16.6 Å². The third kappa shape index (κ3) is 2.49. The highest BCUT2D eigenvalue weighted by Gasteiger charge is 2.22. The van der Waals surface area contributed by atoms with Crippen LogP contribution >= 0.6 is 11.6 Å². The number of hydrogen-bond acceptors (Lipinski definition) is 6. The average Bonchev–Trinajstić information content (AvgIpc) is 3.31. The van der Waals surface area contributed by atoms with E-state index < -0.39 is 0 Å². The van der Waals surface area contributed by atoms with E-state index in [1.54, 1.807) is 23.3 Å². The molecule has 5 rings (SSSR count). The monoisotopic (exact) mass is 390 g/mol. The highest BCUT2D eigenvalue weighted by molar-refractivity contribution is 6.31. The number of nitrogens with zero attached hydrogens (tertiary/aromatic N) is 7. The maximum atomic E-state index is 6.26. The van der Waals surface area contributed by atoms with E-state index in [9.17, 15) is 0 Å². The molecule has 0 radical (unpaired) electrons. The fourth-order valence-electron chi connectivity index (χ4n) is 3.38. The van der Waals surface area contributed by atoms with Gasteiger partial charge in [-0.25, -0.2) is 19.3 Å². The number of fused-ring (bicyclic) bond motifs is 2. The van der Waals surface area contributed by atoms with Crippen molar-refractivity contribution in [2.45, 2.75) is 13.0 Å². The van der Waals surface area contributed by atoms with Gasteiger partial charge in [-0.1, -0.05) is 11.6 Å². The molecule has 0 saturated heterocycles. The Morgan fingerprint density at radius 2 is 2.00 bits per heavy atom. The minimum absolute atomic E-state index is 0.187. The van der Waals surface area contributed by atoms with Crippen LogP contribution in [0.5, 0.6) is 0 Å². The summed E-state index contributed by atoms with van der Waals surface area (Å²) in [5.74, 6) is 0.404. The lowest BCUT2D eigenvalue weighted by molar-refractivity contribution is 0.562. The van der Waals surface area contributed by atoms with Crippen LogP contribution in [-0.4, -0.2) is 34.5 Å². The standard InChI is InChI=1S/C19H15ClN8/c1-11(27-19-15(9-25-27)18(21)23-10-24-19)17-14-5-4-12(20)7-16(14)28(26-17)13-3-2-6-22-8-13/h2-11H,1H3,(H2,21,23,24). The van der Waals surface area contributed by atoms with E-state index >= 15 is 0 Å². The molecule has 8 nitrogen and oxygen atoms in total. The van der Waals surface area contributed by atoms with Crippen molar-refractivity contribution in [1.29, 1.82) is 0 Å². The summed E-state index contributed by atoms with van der Waals surface area (Å²) in [5.41, 5.74) is 9.21.